The maximum absolute atomic E-state index is 11.7. The van der Waals surface area contributed by atoms with Gasteiger partial charge in [0.05, 0.1) is 28.4 Å². The normalized spacial score (nSPS) is 15.7. The number of aldehydes is 1. The van der Waals surface area contributed by atoms with Gasteiger partial charge in [0.25, 0.3) is 0 Å². The average molecular weight is 431 g/mol. The van der Waals surface area contributed by atoms with Crippen LogP contribution in [0.5, 0.6) is 28.7 Å². The van der Waals surface area contributed by atoms with Crippen LogP contribution in [0.1, 0.15) is 5.56 Å². The number of carbonyl (C=O) groups is 1. The molecular weight excluding hydrogens is 400 g/mol. The zero-order valence-corrected chi connectivity index (χ0v) is 18.5. The Hall–Kier alpha value is -2.97. The second-order valence-electron chi connectivity index (χ2n) is 7.17. The molecule has 0 N–H and O–H groups in total. The van der Waals surface area contributed by atoms with E-state index in [2.05, 4.69) is 4.90 Å². The molecule has 1 saturated heterocycles. The fourth-order valence-electron chi connectivity index (χ4n) is 3.64. The molecule has 8 nitrogen and oxygen atoms in total. The molecule has 1 unspecified atom stereocenters. The number of nitrogens with zero attached hydrogens (tertiary/aromatic N) is 2. The Morgan fingerprint density at radius 2 is 1.42 bits per heavy atom. The van der Waals surface area contributed by atoms with Gasteiger partial charge in [0.15, 0.2) is 17.8 Å². The highest BCUT2D eigenvalue weighted by Crippen LogP contribution is 2.38. The summed E-state index contributed by atoms with van der Waals surface area (Å²) in [4.78, 5) is 16.0. The van der Waals surface area contributed by atoms with Crippen molar-refractivity contribution in [2.75, 3.05) is 54.6 Å². The predicted octanol–water partition coefficient (Wildman–Crippen LogP) is 2.44. The average Bonchev–Trinajstić information content (AvgIpc) is 2.82. The molecule has 0 radical (unpaired) electrons. The van der Waals surface area contributed by atoms with Crippen molar-refractivity contribution in [1.29, 1.82) is 0 Å². The fraction of sp³-hybridized carbons (Fsp3) is 0.435. The van der Waals surface area contributed by atoms with Crippen LogP contribution >= 0.6 is 0 Å². The van der Waals surface area contributed by atoms with E-state index < -0.39 is 6.23 Å². The van der Waals surface area contributed by atoms with E-state index in [0.717, 1.165) is 50.3 Å². The van der Waals surface area contributed by atoms with Gasteiger partial charge >= 0.3 is 0 Å². The number of methoxy groups -OCH3 is 4. The molecule has 1 fully saturated rings. The zero-order chi connectivity index (χ0) is 22.2. The van der Waals surface area contributed by atoms with Gasteiger partial charge in [-0.3, -0.25) is 14.6 Å². The third-order valence-corrected chi connectivity index (χ3v) is 5.33. The predicted molar refractivity (Wildman–Crippen MR) is 116 cm³/mol. The first-order chi connectivity index (χ1) is 15.1. The summed E-state index contributed by atoms with van der Waals surface area (Å²) in [5.74, 6) is 3.25. The van der Waals surface area contributed by atoms with E-state index in [1.807, 2.05) is 29.2 Å². The van der Waals surface area contributed by atoms with Crippen molar-refractivity contribution in [3.63, 3.8) is 0 Å². The summed E-state index contributed by atoms with van der Waals surface area (Å²) in [7, 11) is 6.43. The Bertz CT molecular complexity index is 825. The third-order valence-electron chi connectivity index (χ3n) is 5.33. The van der Waals surface area contributed by atoms with Crippen molar-refractivity contribution in [1.82, 2.24) is 9.80 Å². The van der Waals surface area contributed by atoms with E-state index in [1.54, 1.807) is 40.6 Å². The van der Waals surface area contributed by atoms with E-state index >= 15 is 0 Å². The van der Waals surface area contributed by atoms with Crippen molar-refractivity contribution in [3.8, 4) is 28.7 Å². The summed E-state index contributed by atoms with van der Waals surface area (Å²) in [6.45, 7) is 3.82. The van der Waals surface area contributed by atoms with Crippen LogP contribution < -0.4 is 23.7 Å². The molecular formula is C23H30N2O6. The quantitative estimate of drug-likeness (QED) is 0.533. The molecule has 8 heteroatoms. The molecule has 0 aliphatic carbocycles. The smallest absolute Gasteiger partial charge is 0.209 e. The zero-order valence-electron chi connectivity index (χ0n) is 18.5. The number of rotatable bonds is 10. The molecule has 2 aromatic carbocycles. The van der Waals surface area contributed by atoms with Gasteiger partial charge in [-0.05, 0) is 42.0 Å². The minimum atomic E-state index is -0.614. The number of piperazine rings is 1. The molecule has 1 aliphatic rings. The van der Waals surface area contributed by atoms with Crippen LogP contribution in [-0.2, 0) is 11.3 Å². The topological polar surface area (TPSA) is 69.7 Å². The SMILES string of the molecule is COc1ccc(OC(C=O)N2CCN(Cc3cc(OC)c(OC)c(OC)c3)CC2)cc1. The van der Waals surface area contributed by atoms with Crippen LogP contribution in [0.25, 0.3) is 0 Å². The van der Waals surface area contributed by atoms with Crippen molar-refractivity contribution in [3.05, 3.63) is 42.0 Å². The highest BCUT2D eigenvalue weighted by atomic mass is 16.5. The Labute approximate surface area is 183 Å². The number of hydrogen-bond donors (Lipinski definition) is 0. The van der Waals surface area contributed by atoms with Gasteiger partial charge in [0, 0.05) is 32.7 Å². The summed E-state index contributed by atoms with van der Waals surface area (Å²) >= 11 is 0. The van der Waals surface area contributed by atoms with Crippen molar-refractivity contribution in [2.24, 2.45) is 0 Å². The van der Waals surface area contributed by atoms with E-state index in [1.165, 1.54) is 0 Å². The summed E-state index contributed by atoms with van der Waals surface area (Å²) in [6.07, 6.45) is 0.232. The van der Waals surface area contributed by atoms with E-state index in [0.29, 0.717) is 23.0 Å². The minimum Gasteiger partial charge on any atom is -0.497 e. The summed E-state index contributed by atoms with van der Waals surface area (Å²) < 4.78 is 27.3. The van der Waals surface area contributed by atoms with Gasteiger partial charge in [0.1, 0.15) is 11.5 Å². The lowest BCUT2D eigenvalue weighted by Crippen LogP contribution is -2.52. The molecule has 0 amide bonds. The third kappa shape index (κ3) is 5.59. The lowest BCUT2D eigenvalue weighted by molar-refractivity contribution is -0.123. The van der Waals surface area contributed by atoms with Gasteiger partial charge in [-0.25, -0.2) is 0 Å². The van der Waals surface area contributed by atoms with Crippen LogP contribution in [0.3, 0.4) is 0 Å². The van der Waals surface area contributed by atoms with Gasteiger partial charge in [-0.1, -0.05) is 0 Å². The van der Waals surface area contributed by atoms with Gasteiger partial charge < -0.3 is 23.7 Å². The number of carbonyl (C=O) groups excluding carboxylic acids is 1. The van der Waals surface area contributed by atoms with Crippen molar-refractivity contribution >= 4 is 6.29 Å². The summed E-state index contributed by atoms with van der Waals surface area (Å²) in [5.41, 5.74) is 1.07. The molecule has 3 rings (SSSR count). The second-order valence-corrected chi connectivity index (χ2v) is 7.17. The van der Waals surface area contributed by atoms with E-state index in [-0.39, 0.29) is 0 Å². The van der Waals surface area contributed by atoms with E-state index in [4.69, 9.17) is 23.7 Å². The molecule has 168 valence electrons. The van der Waals surface area contributed by atoms with Gasteiger partial charge in [-0.2, -0.15) is 0 Å². The lowest BCUT2D eigenvalue weighted by Gasteiger charge is -2.37. The minimum absolute atomic E-state index is 0.586. The fourth-order valence-corrected chi connectivity index (χ4v) is 3.64. The second kappa shape index (κ2) is 10.9. The number of hydrogen-bond acceptors (Lipinski definition) is 8. The maximum Gasteiger partial charge on any atom is 0.209 e. The van der Waals surface area contributed by atoms with Crippen LogP contribution in [0.15, 0.2) is 36.4 Å². The molecule has 1 aliphatic heterocycles. The number of ether oxygens (including phenoxy) is 5. The first-order valence-electron chi connectivity index (χ1n) is 10.1. The van der Waals surface area contributed by atoms with Crippen LogP contribution in [-0.4, -0.2) is 76.9 Å². The molecule has 1 atom stereocenters. The first-order valence-corrected chi connectivity index (χ1v) is 10.1. The summed E-state index contributed by atoms with van der Waals surface area (Å²) in [6, 6.07) is 11.2. The molecule has 0 spiro atoms. The largest absolute Gasteiger partial charge is 0.497 e. The standard InChI is InChI=1S/C23H30N2O6/c1-27-18-5-7-19(8-6-18)31-22(16-26)25-11-9-24(10-12-25)15-17-13-20(28-2)23(30-4)21(14-17)29-3/h5-8,13-14,16,22H,9-12,15H2,1-4H3. The van der Waals surface area contributed by atoms with E-state index in [9.17, 15) is 4.79 Å². The summed E-state index contributed by atoms with van der Waals surface area (Å²) in [5, 5.41) is 0. The lowest BCUT2D eigenvalue weighted by atomic mass is 10.1. The molecule has 1 heterocycles. The Morgan fingerprint density at radius 3 is 1.90 bits per heavy atom. The molecule has 31 heavy (non-hydrogen) atoms. The Balaban J connectivity index is 1.59. The Kier molecular flexibility index (Phi) is 7.97. The highest BCUT2D eigenvalue weighted by Gasteiger charge is 2.25. The highest BCUT2D eigenvalue weighted by molar-refractivity contribution is 5.56. The molecule has 0 bridgehead atoms. The number of benzene rings is 2. The monoisotopic (exact) mass is 430 g/mol. The first kappa shape index (κ1) is 22.7. The van der Waals surface area contributed by atoms with Crippen molar-refractivity contribution < 1.29 is 28.5 Å². The molecule has 2 aromatic rings. The van der Waals surface area contributed by atoms with Crippen LogP contribution in [0.2, 0.25) is 0 Å². The van der Waals surface area contributed by atoms with Gasteiger partial charge in [-0.15, -0.1) is 0 Å². The van der Waals surface area contributed by atoms with Gasteiger partial charge in [0.2, 0.25) is 12.0 Å². The van der Waals surface area contributed by atoms with Crippen LogP contribution in [0, 0.1) is 0 Å². The maximum atomic E-state index is 11.7. The molecule has 0 aromatic heterocycles. The van der Waals surface area contributed by atoms with Crippen LogP contribution in [0.4, 0.5) is 0 Å². The Morgan fingerprint density at radius 1 is 0.839 bits per heavy atom. The molecule has 0 saturated carbocycles. The van der Waals surface area contributed by atoms with Crippen molar-refractivity contribution in [2.45, 2.75) is 12.8 Å².